The van der Waals surface area contributed by atoms with Crippen LogP contribution in [-0.4, -0.2) is 55.6 Å². The number of esters is 1. The minimum Gasteiger partial charge on any atom is -0.465 e. The molecule has 1 aromatic carbocycles. The zero-order valence-electron chi connectivity index (χ0n) is 14.5. The third kappa shape index (κ3) is 3.66. The molecule has 0 unspecified atom stereocenters. The van der Waals surface area contributed by atoms with E-state index in [1.165, 1.54) is 0 Å². The van der Waals surface area contributed by atoms with Gasteiger partial charge in [-0.25, -0.2) is 4.99 Å². The molecular weight excluding hydrogens is 322 g/mol. The van der Waals surface area contributed by atoms with Crippen LogP contribution < -0.4 is 5.32 Å². The van der Waals surface area contributed by atoms with Crippen LogP contribution in [0.4, 0.5) is 0 Å². The van der Waals surface area contributed by atoms with E-state index in [-0.39, 0.29) is 12.5 Å². The fourth-order valence-corrected chi connectivity index (χ4v) is 3.14. The van der Waals surface area contributed by atoms with Gasteiger partial charge in [-0.3, -0.25) is 14.9 Å². The van der Waals surface area contributed by atoms with Gasteiger partial charge in [0.2, 0.25) is 11.9 Å². The Bertz CT molecular complexity index is 683. The number of guanidine groups is 1. The van der Waals surface area contributed by atoms with Gasteiger partial charge in [-0.1, -0.05) is 24.3 Å². The molecule has 1 aromatic rings. The van der Waals surface area contributed by atoms with Crippen LogP contribution in [0.15, 0.2) is 29.3 Å². The van der Waals surface area contributed by atoms with Crippen molar-refractivity contribution in [2.75, 3.05) is 32.9 Å². The summed E-state index contributed by atoms with van der Waals surface area (Å²) in [7, 11) is 0. The molecule has 134 valence electrons. The number of amides is 1. The maximum Gasteiger partial charge on any atom is 0.321 e. The van der Waals surface area contributed by atoms with Crippen LogP contribution in [0.1, 0.15) is 24.1 Å². The van der Waals surface area contributed by atoms with Crippen molar-refractivity contribution in [1.29, 1.82) is 0 Å². The van der Waals surface area contributed by atoms with Gasteiger partial charge in [0.15, 0.2) is 5.92 Å². The zero-order valence-corrected chi connectivity index (χ0v) is 14.5. The molecule has 2 heterocycles. The lowest BCUT2D eigenvalue weighted by molar-refractivity contribution is -0.153. The summed E-state index contributed by atoms with van der Waals surface area (Å²) < 4.78 is 10.5. The fraction of sp³-hybridized carbons (Fsp3) is 0.500. The number of nitrogens with one attached hydrogen (secondary N) is 1. The van der Waals surface area contributed by atoms with E-state index in [4.69, 9.17) is 14.5 Å². The van der Waals surface area contributed by atoms with Crippen LogP contribution in [-0.2, 0) is 19.1 Å². The minimum atomic E-state index is -0.981. The molecule has 2 atom stereocenters. The quantitative estimate of drug-likeness (QED) is 0.654. The second-order valence-electron chi connectivity index (χ2n) is 6.07. The molecule has 1 saturated heterocycles. The summed E-state index contributed by atoms with van der Waals surface area (Å²) in [5.74, 6) is -1.39. The van der Waals surface area contributed by atoms with Crippen molar-refractivity contribution in [2.24, 2.45) is 10.9 Å². The normalized spacial score (nSPS) is 23.7. The number of ether oxygens (including phenoxy) is 2. The number of benzene rings is 1. The maximum absolute atomic E-state index is 12.7. The van der Waals surface area contributed by atoms with E-state index in [9.17, 15) is 9.59 Å². The number of morpholine rings is 1. The highest BCUT2D eigenvalue weighted by atomic mass is 16.5. The molecule has 3 rings (SSSR count). The number of nitrogens with zero attached hydrogens (tertiary/aromatic N) is 2. The summed E-state index contributed by atoms with van der Waals surface area (Å²) in [6.07, 6.45) is 0. The zero-order chi connectivity index (χ0) is 17.8. The number of aryl methyl sites for hydroxylation is 1. The van der Waals surface area contributed by atoms with Crippen molar-refractivity contribution in [2.45, 2.75) is 19.9 Å². The van der Waals surface area contributed by atoms with Crippen LogP contribution in [0, 0.1) is 12.8 Å². The molecule has 0 aliphatic carbocycles. The van der Waals surface area contributed by atoms with Gasteiger partial charge >= 0.3 is 5.97 Å². The Morgan fingerprint density at radius 1 is 1.36 bits per heavy atom. The molecule has 1 fully saturated rings. The topological polar surface area (TPSA) is 80.2 Å². The second kappa shape index (κ2) is 7.65. The molecule has 0 radical (unpaired) electrons. The highest BCUT2D eigenvalue weighted by Crippen LogP contribution is 2.32. The van der Waals surface area contributed by atoms with Gasteiger partial charge < -0.3 is 14.4 Å². The van der Waals surface area contributed by atoms with Crippen LogP contribution >= 0.6 is 0 Å². The average molecular weight is 345 g/mol. The average Bonchev–Trinajstić information content (AvgIpc) is 2.62. The van der Waals surface area contributed by atoms with Gasteiger partial charge in [0.05, 0.1) is 19.8 Å². The number of carbonyl (C=O) groups is 2. The molecule has 0 spiro atoms. The second-order valence-corrected chi connectivity index (χ2v) is 6.07. The van der Waals surface area contributed by atoms with Gasteiger partial charge in [-0.2, -0.15) is 0 Å². The lowest BCUT2D eigenvalue weighted by atomic mass is 9.89. The Balaban J connectivity index is 1.99. The summed E-state index contributed by atoms with van der Waals surface area (Å²) in [6.45, 7) is 6.39. The molecule has 7 nitrogen and oxygen atoms in total. The summed E-state index contributed by atoms with van der Waals surface area (Å²) in [5.41, 5.74) is 1.85. The first kappa shape index (κ1) is 17.4. The van der Waals surface area contributed by atoms with E-state index in [2.05, 4.69) is 5.32 Å². The van der Waals surface area contributed by atoms with Crippen LogP contribution in [0.5, 0.6) is 0 Å². The van der Waals surface area contributed by atoms with Crippen molar-refractivity contribution in [1.82, 2.24) is 10.2 Å². The summed E-state index contributed by atoms with van der Waals surface area (Å²) in [4.78, 5) is 31.8. The summed E-state index contributed by atoms with van der Waals surface area (Å²) >= 11 is 0. The third-order valence-corrected chi connectivity index (χ3v) is 4.45. The number of carbonyl (C=O) groups excluding carboxylic acids is 2. The van der Waals surface area contributed by atoms with Crippen molar-refractivity contribution in [3.05, 3.63) is 35.4 Å². The van der Waals surface area contributed by atoms with Crippen molar-refractivity contribution in [3.63, 3.8) is 0 Å². The first-order valence-corrected chi connectivity index (χ1v) is 8.55. The predicted octanol–water partition coefficient (Wildman–Crippen LogP) is 1.03. The van der Waals surface area contributed by atoms with Crippen LogP contribution in [0.3, 0.4) is 0 Å². The largest absolute Gasteiger partial charge is 0.465 e. The Kier molecular flexibility index (Phi) is 5.33. The Morgan fingerprint density at radius 3 is 2.76 bits per heavy atom. The number of hydrogen-bond donors (Lipinski definition) is 1. The molecule has 0 aromatic heterocycles. The SMILES string of the molecule is CCOC(=O)[C@H]1C(=O)NC(N2CCOCC2)=N[C@@H]1c1ccccc1C. The molecule has 7 heteroatoms. The lowest BCUT2D eigenvalue weighted by Crippen LogP contribution is -2.55. The monoisotopic (exact) mass is 345 g/mol. The molecule has 25 heavy (non-hydrogen) atoms. The molecular formula is C18H23N3O4. The standard InChI is InChI=1S/C18H23N3O4/c1-3-25-17(23)14-15(13-7-5-4-6-12(13)2)19-18(20-16(14)22)21-8-10-24-11-9-21/h4-7,14-15H,3,8-11H2,1-2H3,(H,19,20,22)/t14-,15-/m1/s1. The highest BCUT2D eigenvalue weighted by molar-refractivity contribution is 6.08. The number of hydrogen-bond acceptors (Lipinski definition) is 6. The Labute approximate surface area is 147 Å². The molecule has 0 saturated carbocycles. The van der Waals surface area contributed by atoms with Gasteiger partial charge in [0.25, 0.3) is 0 Å². The molecule has 1 amide bonds. The Morgan fingerprint density at radius 2 is 2.08 bits per heavy atom. The minimum absolute atomic E-state index is 0.225. The van der Waals surface area contributed by atoms with Crippen molar-refractivity contribution in [3.8, 4) is 0 Å². The fourth-order valence-electron chi connectivity index (χ4n) is 3.14. The van der Waals surface area contributed by atoms with Gasteiger partial charge in [-0.15, -0.1) is 0 Å². The summed E-state index contributed by atoms with van der Waals surface area (Å²) in [6, 6.07) is 7.08. The maximum atomic E-state index is 12.7. The van der Waals surface area contributed by atoms with E-state index >= 15 is 0 Å². The van der Waals surface area contributed by atoms with Gasteiger partial charge in [-0.05, 0) is 25.0 Å². The van der Waals surface area contributed by atoms with E-state index in [1.807, 2.05) is 36.1 Å². The first-order chi connectivity index (χ1) is 12.1. The number of aliphatic imine (C=N–C) groups is 1. The van der Waals surface area contributed by atoms with Gasteiger partial charge in [0, 0.05) is 13.1 Å². The third-order valence-electron chi connectivity index (χ3n) is 4.45. The lowest BCUT2D eigenvalue weighted by Gasteiger charge is -2.35. The molecule has 2 aliphatic heterocycles. The first-order valence-electron chi connectivity index (χ1n) is 8.55. The van der Waals surface area contributed by atoms with Crippen LogP contribution in [0.2, 0.25) is 0 Å². The van der Waals surface area contributed by atoms with Crippen molar-refractivity contribution >= 4 is 17.8 Å². The van der Waals surface area contributed by atoms with Crippen LogP contribution in [0.25, 0.3) is 0 Å². The molecule has 2 aliphatic rings. The van der Waals surface area contributed by atoms with Gasteiger partial charge in [0.1, 0.15) is 6.04 Å². The molecule has 1 N–H and O–H groups in total. The smallest absolute Gasteiger partial charge is 0.321 e. The Hall–Kier alpha value is -2.41. The van der Waals surface area contributed by atoms with E-state index in [1.54, 1.807) is 6.92 Å². The van der Waals surface area contributed by atoms with Crippen molar-refractivity contribution < 1.29 is 19.1 Å². The molecule has 0 bridgehead atoms. The highest BCUT2D eigenvalue weighted by Gasteiger charge is 2.42. The van der Waals surface area contributed by atoms with E-state index < -0.39 is 17.9 Å². The van der Waals surface area contributed by atoms with E-state index in [0.717, 1.165) is 11.1 Å². The predicted molar refractivity (Wildman–Crippen MR) is 92.0 cm³/mol. The number of rotatable bonds is 3. The van der Waals surface area contributed by atoms with E-state index in [0.29, 0.717) is 32.3 Å². The summed E-state index contributed by atoms with van der Waals surface area (Å²) in [5, 5.41) is 2.78.